The van der Waals surface area contributed by atoms with E-state index < -0.39 is 0 Å². The quantitative estimate of drug-likeness (QED) is 0.886. The van der Waals surface area contributed by atoms with Crippen molar-refractivity contribution in [3.8, 4) is 0 Å². The molecule has 1 fully saturated rings. The molecule has 4 heteroatoms. The van der Waals surface area contributed by atoms with Crippen LogP contribution in [0.4, 0.5) is 4.39 Å². The molecule has 0 unspecified atom stereocenters. The Morgan fingerprint density at radius 3 is 2.73 bits per heavy atom. The molecule has 0 atom stereocenters. The van der Waals surface area contributed by atoms with Gasteiger partial charge in [0.1, 0.15) is 5.82 Å². The summed E-state index contributed by atoms with van der Waals surface area (Å²) in [5.41, 5.74) is 1.15. The summed E-state index contributed by atoms with van der Waals surface area (Å²) in [5, 5.41) is 3.31. The van der Waals surface area contributed by atoms with Crippen LogP contribution in [0.2, 0.25) is 0 Å². The van der Waals surface area contributed by atoms with E-state index in [1.807, 2.05) is 6.07 Å². The van der Waals surface area contributed by atoms with E-state index in [1.54, 1.807) is 0 Å². The average Bonchev–Trinajstić information content (AvgIpc) is 2.24. The Bertz CT molecular complexity index is 337. The third-order valence-corrected chi connectivity index (χ3v) is 3.36. The molecule has 2 nitrogen and oxygen atoms in total. The van der Waals surface area contributed by atoms with E-state index in [1.165, 1.54) is 12.1 Å². The first-order chi connectivity index (χ1) is 7.25. The molecule has 1 aliphatic heterocycles. The summed E-state index contributed by atoms with van der Waals surface area (Å²) in [5.74, 6) is -0.189. The van der Waals surface area contributed by atoms with Gasteiger partial charge in [-0.15, -0.1) is 0 Å². The van der Waals surface area contributed by atoms with E-state index >= 15 is 0 Å². The zero-order chi connectivity index (χ0) is 10.7. The van der Waals surface area contributed by atoms with Crippen LogP contribution in [0.25, 0.3) is 0 Å². The minimum atomic E-state index is -0.189. The van der Waals surface area contributed by atoms with Gasteiger partial charge in [0.25, 0.3) is 0 Å². The smallest absolute Gasteiger partial charge is 0.124 e. The number of hydrogen-bond acceptors (Lipinski definition) is 2. The highest BCUT2D eigenvalue weighted by Gasteiger charge is 2.11. The zero-order valence-corrected chi connectivity index (χ0v) is 10.1. The number of nitrogens with one attached hydrogen (secondary N) is 1. The summed E-state index contributed by atoms with van der Waals surface area (Å²) in [7, 11) is 0. The van der Waals surface area contributed by atoms with Gasteiger partial charge < -0.3 is 5.32 Å². The van der Waals surface area contributed by atoms with E-state index in [9.17, 15) is 4.39 Å². The second-order valence-electron chi connectivity index (χ2n) is 3.76. The maximum Gasteiger partial charge on any atom is 0.124 e. The highest BCUT2D eigenvalue weighted by molar-refractivity contribution is 9.10. The fourth-order valence-electron chi connectivity index (χ4n) is 1.76. The Morgan fingerprint density at radius 1 is 1.33 bits per heavy atom. The zero-order valence-electron chi connectivity index (χ0n) is 8.47. The number of nitrogens with zero attached hydrogens (tertiary/aromatic N) is 1. The molecule has 15 heavy (non-hydrogen) atoms. The summed E-state index contributed by atoms with van der Waals surface area (Å²) >= 11 is 3.39. The SMILES string of the molecule is Fc1ccc(CN2CCNCC2)c(Br)c1. The van der Waals surface area contributed by atoms with Gasteiger partial charge in [0.2, 0.25) is 0 Å². The van der Waals surface area contributed by atoms with Crippen LogP contribution in [0, 0.1) is 5.82 Å². The minimum absolute atomic E-state index is 0.189. The van der Waals surface area contributed by atoms with Gasteiger partial charge in [-0.3, -0.25) is 4.90 Å². The second kappa shape index (κ2) is 5.05. The molecule has 0 bridgehead atoms. The van der Waals surface area contributed by atoms with Crippen molar-refractivity contribution in [3.63, 3.8) is 0 Å². The lowest BCUT2D eigenvalue weighted by Crippen LogP contribution is -2.42. The van der Waals surface area contributed by atoms with Crippen molar-refractivity contribution in [1.82, 2.24) is 10.2 Å². The largest absolute Gasteiger partial charge is 0.314 e. The molecule has 1 aromatic rings. The third-order valence-electron chi connectivity index (χ3n) is 2.62. The summed E-state index contributed by atoms with van der Waals surface area (Å²) in [6, 6.07) is 4.89. The fraction of sp³-hybridized carbons (Fsp3) is 0.455. The van der Waals surface area contributed by atoms with Gasteiger partial charge >= 0.3 is 0 Å². The topological polar surface area (TPSA) is 15.3 Å². The van der Waals surface area contributed by atoms with Crippen molar-refractivity contribution < 1.29 is 4.39 Å². The van der Waals surface area contributed by atoms with Crippen molar-refractivity contribution in [2.24, 2.45) is 0 Å². The molecule has 0 saturated carbocycles. The maximum atomic E-state index is 12.9. The van der Waals surface area contributed by atoms with Crippen LogP contribution in [0.15, 0.2) is 22.7 Å². The summed E-state index contributed by atoms with van der Waals surface area (Å²) in [6.07, 6.45) is 0. The van der Waals surface area contributed by atoms with Crippen LogP contribution in [0.5, 0.6) is 0 Å². The Kier molecular flexibility index (Phi) is 3.72. The van der Waals surface area contributed by atoms with Gasteiger partial charge in [0.15, 0.2) is 0 Å². The Hall–Kier alpha value is -0.450. The lowest BCUT2D eigenvalue weighted by atomic mass is 10.2. The second-order valence-corrected chi connectivity index (χ2v) is 4.62. The molecule has 0 amide bonds. The average molecular weight is 273 g/mol. The van der Waals surface area contributed by atoms with Crippen LogP contribution < -0.4 is 5.32 Å². The molecular formula is C11H14BrFN2. The number of piperazine rings is 1. The van der Waals surface area contributed by atoms with E-state index in [2.05, 4.69) is 26.1 Å². The molecule has 0 radical (unpaired) electrons. The van der Waals surface area contributed by atoms with Crippen molar-refractivity contribution in [3.05, 3.63) is 34.1 Å². The number of rotatable bonds is 2. The van der Waals surface area contributed by atoms with Crippen molar-refractivity contribution in [2.75, 3.05) is 26.2 Å². The van der Waals surface area contributed by atoms with Crippen LogP contribution in [0.3, 0.4) is 0 Å². The molecule has 1 N–H and O–H groups in total. The van der Waals surface area contributed by atoms with Gasteiger partial charge in [-0.05, 0) is 17.7 Å². The predicted molar refractivity (Wildman–Crippen MR) is 62.2 cm³/mol. The van der Waals surface area contributed by atoms with Crippen molar-refractivity contribution in [1.29, 1.82) is 0 Å². The monoisotopic (exact) mass is 272 g/mol. The summed E-state index contributed by atoms with van der Waals surface area (Å²) in [6.45, 7) is 5.09. The standard InChI is InChI=1S/C11H14BrFN2/c12-11-7-10(13)2-1-9(11)8-15-5-3-14-4-6-15/h1-2,7,14H,3-6,8H2. The molecule has 1 saturated heterocycles. The van der Waals surface area contributed by atoms with E-state index in [0.717, 1.165) is 42.8 Å². The van der Waals surface area contributed by atoms with Gasteiger partial charge in [-0.1, -0.05) is 22.0 Å². The first-order valence-corrected chi connectivity index (χ1v) is 5.92. The number of halogens is 2. The fourth-order valence-corrected chi connectivity index (χ4v) is 2.24. The molecule has 0 spiro atoms. The van der Waals surface area contributed by atoms with E-state index in [0.29, 0.717) is 0 Å². The molecule has 0 aromatic heterocycles. The maximum absolute atomic E-state index is 12.9. The summed E-state index contributed by atoms with van der Waals surface area (Å²) in [4.78, 5) is 2.37. The molecular weight excluding hydrogens is 259 g/mol. The van der Waals surface area contributed by atoms with Gasteiger partial charge in [-0.2, -0.15) is 0 Å². The van der Waals surface area contributed by atoms with Gasteiger partial charge in [0, 0.05) is 37.2 Å². The van der Waals surface area contributed by atoms with E-state index in [4.69, 9.17) is 0 Å². The molecule has 1 aromatic carbocycles. The minimum Gasteiger partial charge on any atom is -0.314 e. The Labute approximate surface area is 97.6 Å². The number of benzene rings is 1. The predicted octanol–water partition coefficient (Wildman–Crippen LogP) is 1.99. The normalized spacial score (nSPS) is 18.0. The van der Waals surface area contributed by atoms with Crippen LogP contribution >= 0.6 is 15.9 Å². The first kappa shape index (κ1) is 11.0. The Morgan fingerprint density at radius 2 is 2.07 bits per heavy atom. The molecule has 0 aliphatic carbocycles. The van der Waals surface area contributed by atoms with Crippen LogP contribution in [-0.2, 0) is 6.54 Å². The number of hydrogen-bond donors (Lipinski definition) is 1. The van der Waals surface area contributed by atoms with Gasteiger partial charge in [0.05, 0.1) is 0 Å². The molecule has 2 rings (SSSR count). The lowest BCUT2D eigenvalue weighted by molar-refractivity contribution is 0.233. The lowest BCUT2D eigenvalue weighted by Gasteiger charge is -2.27. The first-order valence-electron chi connectivity index (χ1n) is 5.13. The molecule has 1 aliphatic rings. The van der Waals surface area contributed by atoms with Crippen LogP contribution in [0.1, 0.15) is 5.56 Å². The summed E-state index contributed by atoms with van der Waals surface area (Å²) < 4.78 is 13.7. The van der Waals surface area contributed by atoms with Crippen molar-refractivity contribution >= 4 is 15.9 Å². The third kappa shape index (κ3) is 3.00. The highest BCUT2D eigenvalue weighted by atomic mass is 79.9. The highest BCUT2D eigenvalue weighted by Crippen LogP contribution is 2.19. The molecule has 82 valence electrons. The van der Waals surface area contributed by atoms with Crippen molar-refractivity contribution in [2.45, 2.75) is 6.54 Å². The molecule has 1 heterocycles. The van der Waals surface area contributed by atoms with E-state index in [-0.39, 0.29) is 5.82 Å². The van der Waals surface area contributed by atoms with Crippen LogP contribution in [-0.4, -0.2) is 31.1 Å². The van der Waals surface area contributed by atoms with Gasteiger partial charge in [-0.25, -0.2) is 4.39 Å². The Balaban J connectivity index is 2.03.